The lowest BCUT2D eigenvalue weighted by Gasteiger charge is -2.03. The molecule has 1 aromatic carbocycles. The molecule has 0 saturated heterocycles. The summed E-state index contributed by atoms with van der Waals surface area (Å²) in [7, 11) is 0. The maximum absolute atomic E-state index is 6.97. The molecule has 0 aliphatic rings. The second-order valence-corrected chi connectivity index (χ2v) is 2.78. The molecule has 0 nitrogen and oxygen atoms in total. The highest BCUT2D eigenvalue weighted by atomic mass is 14.0. The lowest BCUT2D eigenvalue weighted by atomic mass is 10.0. The summed E-state index contributed by atoms with van der Waals surface area (Å²) in [5.74, 6) is 2.58. The fraction of sp³-hybridized carbons (Fsp3) is 0.273. The monoisotopic (exact) mass is 143 g/mol. The minimum Gasteiger partial charge on any atom is -0.0812 e. The van der Waals surface area contributed by atoms with E-state index in [1.165, 1.54) is 11.1 Å². The third-order valence-electron chi connectivity index (χ3n) is 1.76. The van der Waals surface area contributed by atoms with E-state index in [0.717, 1.165) is 0 Å². The van der Waals surface area contributed by atoms with Crippen molar-refractivity contribution in [3.63, 3.8) is 0 Å². The zero-order valence-electron chi connectivity index (χ0n) is 6.89. The van der Waals surface area contributed by atoms with E-state index in [2.05, 4.69) is 25.0 Å². The van der Waals surface area contributed by atoms with Gasteiger partial charge in [0.2, 0.25) is 0 Å². The van der Waals surface area contributed by atoms with Crippen molar-refractivity contribution in [2.24, 2.45) is 0 Å². The van der Waals surface area contributed by atoms with Crippen LogP contribution in [0.4, 0.5) is 0 Å². The minimum atomic E-state index is 0.120. The summed E-state index contributed by atoms with van der Waals surface area (Å²) in [5, 5.41) is 0. The van der Waals surface area contributed by atoms with Gasteiger partial charge in [-0.3, -0.25) is 0 Å². The Morgan fingerprint density at radius 1 is 1.45 bits per heavy atom. The topological polar surface area (TPSA) is 0 Å². The molecule has 0 aliphatic carbocycles. The van der Waals surface area contributed by atoms with Crippen LogP contribution in [0.1, 0.15) is 24.0 Å². The smallest absolute Gasteiger partial charge is 0.0434 e. The maximum atomic E-state index is 6.97. The SMILES string of the molecule is [C]#CC(C)c1cccc(C)c1. The lowest BCUT2D eigenvalue weighted by Crippen LogP contribution is -1.88. The number of benzene rings is 1. The van der Waals surface area contributed by atoms with E-state index in [9.17, 15) is 0 Å². The Balaban J connectivity index is 2.98. The summed E-state index contributed by atoms with van der Waals surface area (Å²) in [6.07, 6.45) is 6.97. The summed E-state index contributed by atoms with van der Waals surface area (Å²) < 4.78 is 0. The van der Waals surface area contributed by atoms with Crippen molar-refractivity contribution in [2.45, 2.75) is 19.8 Å². The van der Waals surface area contributed by atoms with Crippen LogP contribution < -0.4 is 0 Å². The highest BCUT2D eigenvalue weighted by Crippen LogP contribution is 2.14. The van der Waals surface area contributed by atoms with Gasteiger partial charge in [-0.25, -0.2) is 0 Å². The molecule has 1 radical (unpaired) electrons. The Kier molecular flexibility index (Phi) is 2.33. The average molecular weight is 143 g/mol. The molecule has 11 heavy (non-hydrogen) atoms. The fourth-order valence-corrected chi connectivity index (χ4v) is 1.02. The zero-order valence-corrected chi connectivity index (χ0v) is 6.89. The lowest BCUT2D eigenvalue weighted by molar-refractivity contribution is 1.00. The summed E-state index contributed by atoms with van der Waals surface area (Å²) in [6.45, 7) is 4.03. The normalized spacial score (nSPS) is 12.1. The Labute approximate surface area is 68.3 Å². The predicted octanol–water partition coefficient (Wildman–Crippen LogP) is 2.69. The van der Waals surface area contributed by atoms with Crippen LogP contribution in [0.3, 0.4) is 0 Å². The standard InChI is InChI=1S/C11H11/c1-4-10(3)11-7-5-6-9(2)8-11/h5-8,10H,2-3H3. The first-order valence-electron chi connectivity index (χ1n) is 3.73. The summed E-state index contributed by atoms with van der Waals surface area (Å²) in [4.78, 5) is 0. The van der Waals surface area contributed by atoms with Gasteiger partial charge in [0, 0.05) is 5.92 Å². The van der Waals surface area contributed by atoms with E-state index in [-0.39, 0.29) is 5.92 Å². The largest absolute Gasteiger partial charge is 0.0812 e. The number of hydrogen-bond donors (Lipinski definition) is 0. The van der Waals surface area contributed by atoms with E-state index in [1.807, 2.05) is 19.1 Å². The van der Waals surface area contributed by atoms with Crippen LogP contribution in [0.25, 0.3) is 0 Å². The third kappa shape index (κ3) is 1.85. The Bertz CT molecular complexity index is 278. The van der Waals surface area contributed by atoms with E-state index in [1.54, 1.807) is 0 Å². The second-order valence-electron chi connectivity index (χ2n) is 2.78. The zero-order chi connectivity index (χ0) is 8.27. The van der Waals surface area contributed by atoms with E-state index in [0.29, 0.717) is 0 Å². The van der Waals surface area contributed by atoms with E-state index < -0.39 is 0 Å². The van der Waals surface area contributed by atoms with Gasteiger partial charge in [0.15, 0.2) is 0 Å². The first kappa shape index (κ1) is 7.88. The molecule has 1 rings (SSSR count). The molecule has 0 saturated carbocycles. The van der Waals surface area contributed by atoms with E-state index in [4.69, 9.17) is 6.42 Å². The second kappa shape index (κ2) is 3.25. The molecule has 0 fully saturated rings. The van der Waals surface area contributed by atoms with Crippen molar-refractivity contribution in [3.8, 4) is 5.92 Å². The van der Waals surface area contributed by atoms with Crippen LogP contribution in [0.2, 0.25) is 0 Å². The Morgan fingerprint density at radius 2 is 2.18 bits per heavy atom. The molecule has 1 aromatic rings. The van der Waals surface area contributed by atoms with Crippen LogP contribution in [-0.2, 0) is 0 Å². The first-order chi connectivity index (χ1) is 5.24. The number of rotatable bonds is 1. The number of hydrogen-bond acceptors (Lipinski definition) is 0. The van der Waals surface area contributed by atoms with Crippen molar-refractivity contribution in [1.29, 1.82) is 0 Å². The Hall–Kier alpha value is -1.22. The maximum Gasteiger partial charge on any atom is 0.0434 e. The van der Waals surface area contributed by atoms with Gasteiger partial charge in [-0.1, -0.05) is 35.7 Å². The van der Waals surface area contributed by atoms with E-state index >= 15 is 0 Å². The van der Waals surface area contributed by atoms with Gasteiger partial charge in [0.1, 0.15) is 0 Å². The molecule has 0 heteroatoms. The predicted molar refractivity (Wildman–Crippen MR) is 46.7 cm³/mol. The fourth-order valence-electron chi connectivity index (χ4n) is 1.02. The van der Waals surface area contributed by atoms with Crippen molar-refractivity contribution >= 4 is 0 Å². The van der Waals surface area contributed by atoms with Gasteiger partial charge in [0.05, 0.1) is 0 Å². The highest BCUT2D eigenvalue weighted by molar-refractivity contribution is 5.28. The van der Waals surface area contributed by atoms with Crippen molar-refractivity contribution in [3.05, 3.63) is 41.8 Å². The Morgan fingerprint density at radius 3 is 2.73 bits per heavy atom. The average Bonchev–Trinajstić information content (AvgIpc) is 2.03. The minimum absolute atomic E-state index is 0.120. The molecular formula is C11H11. The van der Waals surface area contributed by atoms with Crippen LogP contribution in [0, 0.1) is 19.3 Å². The van der Waals surface area contributed by atoms with Crippen molar-refractivity contribution < 1.29 is 0 Å². The molecule has 0 spiro atoms. The van der Waals surface area contributed by atoms with Gasteiger partial charge < -0.3 is 0 Å². The third-order valence-corrected chi connectivity index (χ3v) is 1.76. The van der Waals surface area contributed by atoms with Gasteiger partial charge in [0.25, 0.3) is 0 Å². The van der Waals surface area contributed by atoms with Gasteiger partial charge in [-0.2, -0.15) is 0 Å². The van der Waals surface area contributed by atoms with Crippen LogP contribution >= 0.6 is 0 Å². The summed E-state index contributed by atoms with van der Waals surface area (Å²) in [5.41, 5.74) is 2.41. The summed E-state index contributed by atoms with van der Waals surface area (Å²) in [6, 6.07) is 8.18. The molecule has 1 unspecified atom stereocenters. The highest BCUT2D eigenvalue weighted by Gasteiger charge is 1.99. The molecule has 55 valence electrons. The van der Waals surface area contributed by atoms with Gasteiger partial charge >= 0.3 is 0 Å². The quantitative estimate of drug-likeness (QED) is 0.530. The van der Waals surface area contributed by atoms with Gasteiger partial charge in [-0.05, 0) is 25.8 Å². The number of aryl methyl sites for hydroxylation is 1. The molecule has 1 atom stereocenters. The molecule has 0 aliphatic heterocycles. The van der Waals surface area contributed by atoms with Crippen molar-refractivity contribution in [2.75, 3.05) is 0 Å². The van der Waals surface area contributed by atoms with Crippen LogP contribution in [-0.4, -0.2) is 0 Å². The van der Waals surface area contributed by atoms with Crippen molar-refractivity contribution in [1.82, 2.24) is 0 Å². The van der Waals surface area contributed by atoms with Crippen LogP contribution in [0.15, 0.2) is 24.3 Å². The first-order valence-corrected chi connectivity index (χ1v) is 3.73. The van der Waals surface area contributed by atoms with Crippen LogP contribution in [0.5, 0.6) is 0 Å². The molecule has 0 bridgehead atoms. The molecule has 0 heterocycles. The summed E-state index contributed by atoms with van der Waals surface area (Å²) >= 11 is 0. The molecule has 0 amide bonds. The molecular weight excluding hydrogens is 132 g/mol. The molecule has 0 N–H and O–H groups in total. The molecule has 0 aromatic heterocycles. The van der Waals surface area contributed by atoms with Gasteiger partial charge in [-0.15, -0.1) is 0 Å².